The number of carbonyl (C=O) groups excluding carboxylic acids is 1. The fourth-order valence-corrected chi connectivity index (χ4v) is 2.05. The van der Waals surface area contributed by atoms with Gasteiger partial charge in [0.05, 0.1) is 0 Å². The van der Waals surface area contributed by atoms with Crippen LogP contribution in [0.1, 0.15) is 39.2 Å². The van der Waals surface area contributed by atoms with Crippen LogP contribution in [-0.4, -0.2) is 37.0 Å². The van der Waals surface area contributed by atoms with E-state index in [0.717, 1.165) is 24.9 Å². The summed E-state index contributed by atoms with van der Waals surface area (Å²) < 4.78 is 0. The summed E-state index contributed by atoms with van der Waals surface area (Å²) >= 11 is 0. The summed E-state index contributed by atoms with van der Waals surface area (Å²) in [6.07, 6.45) is 2.04. The van der Waals surface area contributed by atoms with E-state index >= 15 is 0 Å². The molecule has 3 N–H and O–H groups in total. The van der Waals surface area contributed by atoms with Crippen molar-refractivity contribution in [1.82, 2.24) is 10.2 Å². The molecule has 1 aromatic carbocycles. The lowest BCUT2D eigenvalue weighted by molar-refractivity contribution is -0.126. The first-order valence-corrected chi connectivity index (χ1v) is 7.68. The Hall–Kier alpha value is -1.39. The van der Waals surface area contributed by atoms with Crippen LogP contribution >= 0.6 is 0 Å². The van der Waals surface area contributed by atoms with Crippen LogP contribution in [0.5, 0.6) is 0 Å². The molecule has 4 nitrogen and oxygen atoms in total. The highest BCUT2D eigenvalue weighted by molar-refractivity contribution is 5.86. The van der Waals surface area contributed by atoms with E-state index in [1.165, 1.54) is 0 Å². The summed E-state index contributed by atoms with van der Waals surface area (Å²) in [6, 6.07) is 10.0. The molecule has 0 aliphatic rings. The topological polar surface area (TPSA) is 58.4 Å². The van der Waals surface area contributed by atoms with Gasteiger partial charge in [0.2, 0.25) is 5.91 Å². The number of amides is 1. The van der Waals surface area contributed by atoms with Crippen LogP contribution in [0, 0.1) is 0 Å². The monoisotopic (exact) mass is 291 g/mol. The molecular formula is C17H29N3O. The van der Waals surface area contributed by atoms with Gasteiger partial charge in [-0.1, -0.05) is 30.3 Å². The summed E-state index contributed by atoms with van der Waals surface area (Å²) in [5, 5.41) is 2.94. The lowest BCUT2D eigenvalue weighted by Gasteiger charge is -2.24. The van der Waals surface area contributed by atoms with Gasteiger partial charge < -0.3 is 16.0 Å². The highest BCUT2D eigenvalue weighted by Gasteiger charge is 2.29. The largest absolute Gasteiger partial charge is 0.354 e. The van der Waals surface area contributed by atoms with E-state index in [2.05, 4.69) is 31.1 Å². The highest BCUT2D eigenvalue weighted by atomic mass is 16.2. The van der Waals surface area contributed by atoms with Crippen LogP contribution in [0.25, 0.3) is 0 Å². The first kappa shape index (κ1) is 17.7. The summed E-state index contributed by atoms with van der Waals surface area (Å²) in [7, 11) is 2.12. The Morgan fingerprint density at radius 3 is 2.48 bits per heavy atom. The molecule has 1 aromatic rings. The van der Waals surface area contributed by atoms with Crippen molar-refractivity contribution in [2.45, 2.75) is 45.2 Å². The fraction of sp³-hybridized carbons (Fsp3) is 0.588. The van der Waals surface area contributed by atoms with E-state index in [-0.39, 0.29) is 5.91 Å². The van der Waals surface area contributed by atoms with Crippen LogP contribution in [0.3, 0.4) is 0 Å². The van der Waals surface area contributed by atoms with Gasteiger partial charge in [-0.25, -0.2) is 0 Å². The predicted molar refractivity (Wildman–Crippen MR) is 88.0 cm³/mol. The van der Waals surface area contributed by atoms with E-state index in [0.29, 0.717) is 12.6 Å². The first-order chi connectivity index (χ1) is 9.85. The molecule has 0 aromatic heterocycles. The molecule has 0 bridgehead atoms. The Balaban J connectivity index is 2.34. The molecule has 0 aliphatic heterocycles. The van der Waals surface area contributed by atoms with Crippen LogP contribution in [0.15, 0.2) is 30.3 Å². The number of carbonyl (C=O) groups is 1. The van der Waals surface area contributed by atoms with Crippen molar-refractivity contribution < 1.29 is 4.79 Å². The molecule has 0 saturated heterocycles. The van der Waals surface area contributed by atoms with Gasteiger partial charge in [0.1, 0.15) is 5.54 Å². The molecular weight excluding hydrogens is 262 g/mol. The van der Waals surface area contributed by atoms with Crippen molar-refractivity contribution in [2.24, 2.45) is 5.73 Å². The SMILES string of the molecule is CC(C)N(C)CCCCNC(=O)C(C)(N)c1ccccc1. The summed E-state index contributed by atoms with van der Waals surface area (Å²) in [6.45, 7) is 7.84. The van der Waals surface area contributed by atoms with Crippen molar-refractivity contribution in [1.29, 1.82) is 0 Å². The van der Waals surface area contributed by atoms with Crippen molar-refractivity contribution in [3.63, 3.8) is 0 Å². The number of benzene rings is 1. The molecule has 1 rings (SSSR count). The van der Waals surface area contributed by atoms with Crippen LogP contribution in [-0.2, 0) is 10.3 Å². The first-order valence-electron chi connectivity index (χ1n) is 7.68. The number of nitrogens with one attached hydrogen (secondary N) is 1. The van der Waals surface area contributed by atoms with Crippen molar-refractivity contribution in [3.8, 4) is 0 Å². The Morgan fingerprint density at radius 1 is 1.29 bits per heavy atom. The molecule has 0 saturated carbocycles. The summed E-state index contributed by atoms with van der Waals surface area (Å²) in [4.78, 5) is 14.5. The van der Waals surface area contributed by atoms with Crippen LogP contribution in [0.4, 0.5) is 0 Å². The number of rotatable bonds is 8. The van der Waals surface area contributed by atoms with Crippen molar-refractivity contribution in [3.05, 3.63) is 35.9 Å². The van der Waals surface area contributed by atoms with E-state index in [1.807, 2.05) is 30.3 Å². The molecule has 0 fully saturated rings. The Morgan fingerprint density at radius 2 is 1.90 bits per heavy atom. The maximum atomic E-state index is 12.2. The molecule has 118 valence electrons. The number of hydrogen-bond acceptors (Lipinski definition) is 3. The second kappa shape index (κ2) is 8.15. The van der Waals surface area contributed by atoms with Crippen LogP contribution in [0.2, 0.25) is 0 Å². The third-order valence-electron chi connectivity index (χ3n) is 3.95. The number of hydrogen-bond donors (Lipinski definition) is 2. The van der Waals surface area contributed by atoms with E-state index < -0.39 is 5.54 Å². The molecule has 1 amide bonds. The van der Waals surface area contributed by atoms with Crippen molar-refractivity contribution >= 4 is 5.91 Å². The second-order valence-electron chi connectivity index (χ2n) is 6.11. The van der Waals surface area contributed by atoms with E-state index in [9.17, 15) is 4.79 Å². The highest BCUT2D eigenvalue weighted by Crippen LogP contribution is 2.17. The van der Waals surface area contributed by atoms with Gasteiger partial charge in [-0.05, 0) is 52.8 Å². The predicted octanol–water partition coefficient (Wildman–Crippen LogP) is 2.10. The maximum Gasteiger partial charge on any atom is 0.244 e. The van der Waals surface area contributed by atoms with Gasteiger partial charge in [0.25, 0.3) is 0 Å². The molecule has 21 heavy (non-hydrogen) atoms. The van der Waals surface area contributed by atoms with Crippen molar-refractivity contribution in [2.75, 3.05) is 20.1 Å². The van der Waals surface area contributed by atoms with E-state index in [1.54, 1.807) is 6.92 Å². The quantitative estimate of drug-likeness (QED) is 0.721. The summed E-state index contributed by atoms with van der Waals surface area (Å²) in [5.41, 5.74) is 6.02. The zero-order valence-corrected chi connectivity index (χ0v) is 13.7. The Labute approximate surface area is 128 Å². The van der Waals surface area contributed by atoms with Gasteiger partial charge >= 0.3 is 0 Å². The zero-order valence-electron chi connectivity index (χ0n) is 13.7. The Kier molecular flexibility index (Phi) is 6.85. The van der Waals surface area contributed by atoms with Gasteiger partial charge in [0, 0.05) is 12.6 Å². The minimum Gasteiger partial charge on any atom is -0.354 e. The molecule has 4 heteroatoms. The minimum absolute atomic E-state index is 0.120. The molecule has 0 aliphatic carbocycles. The average Bonchev–Trinajstić information content (AvgIpc) is 2.47. The van der Waals surface area contributed by atoms with E-state index in [4.69, 9.17) is 5.73 Å². The molecule has 1 atom stereocenters. The number of nitrogens with two attached hydrogens (primary N) is 1. The van der Waals surface area contributed by atoms with Gasteiger partial charge in [0.15, 0.2) is 0 Å². The number of unbranched alkanes of at least 4 members (excludes halogenated alkanes) is 1. The third-order valence-corrected chi connectivity index (χ3v) is 3.95. The van der Waals surface area contributed by atoms with Gasteiger partial charge in [-0.2, -0.15) is 0 Å². The average molecular weight is 291 g/mol. The summed E-state index contributed by atoms with van der Waals surface area (Å²) in [5.74, 6) is -0.120. The molecule has 0 heterocycles. The second-order valence-corrected chi connectivity index (χ2v) is 6.11. The smallest absolute Gasteiger partial charge is 0.244 e. The standard InChI is InChI=1S/C17H29N3O/c1-14(2)20(4)13-9-8-12-19-16(21)17(3,18)15-10-6-5-7-11-15/h5-7,10-11,14H,8-9,12-13,18H2,1-4H3,(H,19,21). The Bertz CT molecular complexity index is 429. The fourth-order valence-electron chi connectivity index (χ4n) is 2.05. The lowest BCUT2D eigenvalue weighted by Crippen LogP contribution is -2.49. The van der Waals surface area contributed by atoms with Gasteiger partial charge in [-0.3, -0.25) is 4.79 Å². The number of nitrogens with zero attached hydrogens (tertiary/aromatic N) is 1. The minimum atomic E-state index is -0.976. The lowest BCUT2D eigenvalue weighted by atomic mass is 9.92. The zero-order chi connectivity index (χ0) is 15.9. The van der Waals surface area contributed by atoms with Gasteiger partial charge in [-0.15, -0.1) is 0 Å². The third kappa shape index (κ3) is 5.48. The van der Waals surface area contributed by atoms with Crippen LogP contribution < -0.4 is 11.1 Å². The molecule has 0 spiro atoms. The molecule has 0 radical (unpaired) electrons. The molecule has 1 unspecified atom stereocenters. The maximum absolute atomic E-state index is 12.2. The normalized spacial score (nSPS) is 14.2.